The number of aliphatic hydroxyl groups is 2. The van der Waals surface area contributed by atoms with Gasteiger partial charge in [-0.1, -0.05) is 92.6 Å². The van der Waals surface area contributed by atoms with Gasteiger partial charge in [0.05, 0.1) is 38.6 Å². The molecule has 2 N–H and O–H groups in total. The molecule has 1 saturated carbocycles. The second-order valence-electron chi connectivity index (χ2n) is 22.6. The fraction of sp³-hybridized carbons (Fsp3) is 0.684. The summed E-state index contributed by atoms with van der Waals surface area (Å²) in [4.78, 5) is 54.8. The minimum absolute atomic E-state index is 0.190. The molecule has 0 aromatic heterocycles. The van der Waals surface area contributed by atoms with Crippen molar-refractivity contribution in [2.75, 3.05) is 67.6 Å². The van der Waals surface area contributed by atoms with Crippen molar-refractivity contribution in [2.24, 2.45) is 23.7 Å². The van der Waals surface area contributed by atoms with E-state index in [4.69, 9.17) is 28.3 Å². The van der Waals surface area contributed by atoms with Gasteiger partial charge in [0.1, 0.15) is 11.2 Å². The molecule has 0 spiro atoms. The molecule has 6 rings (SSSR count). The normalized spacial score (nSPS) is 21.2. The Bertz CT molecular complexity index is 1950. The lowest BCUT2D eigenvalue weighted by Crippen LogP contribution is -2.47. The Morgan fingerprint density at radius 2 is 1.15 bits per heavy atom. The Balaban J connectivity index is 0.000000245. The molecular weight excluding hydrogens is 943 g/mol. The number of unbranched alkanes of at least 4 members (excludes halogenated alkanes) is 1. The van der Waals surface area contributed by atoms with Gasteiger partial charge in [0.25, 0.3) is 11.8 Å². The highest BCUT2D eigenvalue weighted by Gasteiger charge is 2.48. The van der Waals surface area contributed by atoms with Gasteiger partial charge in [-0.2, -0.15) is 0 Å². The lowest BCUT2D eigenvalue weighted by atomic mass is 9.83. The number of likely N-dealkylation sites (tertiary alicyclic amines) is 2. The molecule has 1 unspecified atom stereocenters. The van der Waals surface area contributed by atoms with E-state index in [1.807, 2.05) is 113 Å². The zero-order valence-corrected chi connectivity index (χ0v) is 46.6. The number of aliphatic hydroxyl groups excluding tert-OH is 2. The van der Waals surface area contributed by atoms with Crippen LogP contribution in [0.3, 0.4) is 0 Å². The molecular formula is C57H91BN4O12. The molecule has 2 aromatic carbocycles. The number of piperidine rings is 2. The molecule has 414 valence electrons. The largest absolute Gasteiger partial charge is 0.458 e. The van der Waals surface area contributed by atoms with Crippen molar-refractivity contribution in [3.8, 4) is 0 Å². The molecule has 3 heterocycles. The molecule has 1 aliphatic carbocycles. The number of rotatable bonds is 19. The van der Waals surface area contributed by atoms with Crippen molar-refractivity contribution < 1.29 is 57.6 Å². The van der Waals surface area contributed by atoms with Crippen LogP contribution in [0.15, 0.2) is 72.8 Å². The molecule has 2 aromatic rings. The first kappa shape index (κ1) is 62.0. The zero-order valence-electron chi connectivity index (χ0n) is 46.6. The van der Waals surface area contributed by atoms with Gasteiger partial charge < -0.3 is 58.1 Å². The summed E-state index contributed by atoms with van der Waals surface area (Å²) in [5.74, 6) is 1.94. The average molecular weight is 1040 g/mol. The highest BCUT2D eigenvalue weighted by atomic mass is 16.7. The summed E-state index contributed by atoms with van der Waals surface area (Å²) in [5, 5.41) is 20.3. The highest BCUT2D eigenvalue weighted by Crippen LogP contribution is 2.50. The van der Waals surface area contributed by atoms with Gasteiger partial charge in [-0.3, -0.25) is 9.59 Å². The Labute approximate surface area is 443 Å². The zero-order chi connectivity index (χ0) is 54.4. The predicted molar refractivity (Wildman–Crippen MR) is 288 cm³/mol. The molecule has 3 saturated heterocycles. The molecule has 0 radical (unpaired) electrons. The fourth-order valence-electron chi connectivity index (χ4n) is 9.14. The average Bonchev–Trinajstić information content (AvgIpc) is 3.99. The van der Waals surface area contributed by atoms with Crippen LogP contribution in [-0.4, -0.2) is 164 Å². The van der Waals surface area contributed by atoms with Crippen molar-refractivity contribution >= 4 is 31.1 Å². The number of ether oxygens (including phenoxy) is 4. The lowest BCUT2D eigenvalue weighted by Gasteiger charge is -2.33. The summed E-state index contributed by atoms with van der Waals surface area (Å²) in [6, 6.07) is 20.0. The summed E-state index contributed by atoms with van der Waals surface area (Å²) in [6.07, 6.45) is 10.4. The van der Waals surface area contributed by atoms with Gasteiger partial charge in [0.15, 0.2) is 12.2 Å². The summed E-state index contributed by atoms with van der Waals surface area (Å²) in [5.41, 5.74) is 1.36. The SMILES string of the molecule is CC(C)(C)OC(=O)N1CCC(/C=C\C[C@@H](O)COCc2ccccc2)CC1.CC(C)(C)OC(=O)N1CCC(C2C[C@H]2C[C@@H](O)COCc2ccccc2)CC1.CCCCB1O[C@H](C(=O)N(C)C)[C@@H](C(=O)N(C)C)O1. The van der Waals surface area contributed by atoms with Crippen LogP contribution in [0.25, 0.3) is 0 Å². The number of likely N-dealkylation sites (N-methyl/N-ethyl adjacent to an activating group) is 2. The van der Waals surface area contributed by atoms with Crippen LogP contribution in [0.5, 0.6) is 0 Å². The predicted octanol–water partition coefficient (Wildman–Crippen LogP) is 8.63. The monoisotopic (exact) mass is 1030 g/mol. The molecule has 3 aliphatic heterocycles. The second-order valence-corrected chi connectivity index (χ2v) is 22.6. The highest BCUT2D eigenvalue weighted by molar-refractivity contribution is 6.46. The van der Waals surface area contributed by atoms with Crippen molar-refractivity contribution in [2.45, 2.75) is 161 Å². The number of amides is 4. The number of hydrogen-bond acceptors (Lipinski definition) is 12. The Morgan fingerprint density at radius 3 is 1.58 bits per heavy atom. The van der Waals surface area contributed by atoms with Crippen LogP contribution in [0.4, 0.5) is 9.59 Å². The number of carbonyl (C=O) groups is 4. The maximum atomic E-state index is 12.2. The Hall–Kier alpha value is -4.52. The molecule has 4 fully saturated rings. The third kappa shape index (κ3) is 23.2. The molecule has 74 heavy (non-hydrogen) atoms. The maximum absolute atomic E-state index is 12.2. The molecule has 4 aliphatic rings. The molecule has 4 amide bonds. The summed E-state index contributed by atoms with van der Waals surface area (Å²) in [7, 11) is 6.09. The maximum Gasteiger partial charge on any atom is 0.458 e. The van der Waals surface area contributed by atoms with Crippen LogP contribution in [-0.2, 0) is 51.1 Å². The van der Waals surface area contributed by atoms with E-state index in [9.17, 15) is 29.4 Å². The van der Waals surface area contributed by atoms with Gasteiger partial charge in [0, 0.05) is 54.4 Å². The van der Waals surface area contributed by atoms with Crippen LogP contribution in [0.2, 0.25) is 6.32 Å². The third-order valence-electron chi connectivity index (χ3n) is 13.2. The van der Waals surface area contributed by atoms with E-state index in [-0.39, 0.29) is 30.1 Å². The first-order valence-corrected chi connectivity index (χ1v) is 27.0. The van der Waals surface area contributed by atoms with E-state index in [0.29, 0.717) is 75.9 Å². The quantitative estimate of drug-likeness (QED) is 0.101. The third-order valence-corrected chi connectivity index (χ3v) is 13.2. The van der Waals surface area contributed by atoms with E-state index >= 15 is 0 Å². The van der Waals surface area contributed by atoms with E-state index in [0.717, 1.165) is 69.2 Å². The fourth-order valence-corrected chi connectivity index (χ4v) is 9.14. The summed E-state index contributed by atoms with van der Waals surface area (Å²) < 4.78 is 33.3. The number of hydrogen-bond donors (Lipinski definition) is 2. The van der Waals surface area contributed by atoms with E-state index in [2.05, 4.69) is 13.0 Å². The van der Waals surface area contributed by atoms with Crippen LogP contribution >= 0.6 is 0 Å². The molecule has 16 nitrogen and oxygen atoms in total. The first-order chi connectivity index (χ1) is 35.0. The second kappa shape index (κ2) is 30.9. The van der Waals surface area contributed by atoms with E-state index in [1.54, 1.807) is 33.1 Å². The number of benzene rings is 2. The summed E-state index contributed by atoms with van der Waals surface area (Å²) in [6.45, 7) is 18.2. The van der Waals surface area contributed by atoms with Gasteiger partial charge in [-0.05, 0) is 128 Å². The van der Waals surface area contributed by atoms with Crippen molar-refractivity contribution in [3.05, 3.63) is 83.9 Å². The van der Waals surface area contributed by atoms with Crippen LogP contribution in [0.1, 0.15) is 117 Å². The molecule has 17 heteroatoms. The smallest absolute Gasteiger partial charge is 0.444 e. The minimum atomic E-state index is -0.841. The molecule has 0 bridgehead atoms. The van der Waals surface area contributed by atoms with Crippen LogP contribution in [0, 0.1) is 23.7 Å². The van der Waals surface area contributed by atoms with Gasteiger partial charge in [-0.15, -0.1) is 0 Å². The van der Waals surface area contributed by atoms with Gasteiger partial charge in [0.2, 0.25) is 0 Å². The standard InChI is InChI=1S/C23H35NO4.C22H33NO4.C12H23BN2O4/c1-23(2,3)28-22(26)24-11-9-18(10-12-24)21-14-19(21)13-20(25)16-27-15-17-7-5-4-6-8-17;1-22(2,3)27-21(25)23-14-12-18(13-15-23)10-7-11-20(24)17-26-16-19-8-5-4-6-9-19;1-6-7-8-13-18-9(11(16)14(2)3)10(19-13)12(17)15(4)5/h4-8,18-21,25H,9-16H2,1-3H3;4-10,18,20,24H,11-17H2,1-3H3;9-10H,6-8H2,1-5H3/b;10-7-;/t19-,20-,21?;20-;9-,10-/m110/s1. The lowest BCUT2D eigenvalue weighted by molar-refractivity contribution is -0.146. The topological polar surface area (TPSA) is 177 Å². The minimum Gasteiger partial charge on any atom is -0.444 e. The van der Waals surface area contributed by atoms with Gasteiger partial charge in [-0.25, -0.2) is 9.59 Å². The van der Waals surface area contributed by atoms with Crippen LogP contribution < -0.4 is 0 Å². The first-order valence-electron chi connectivity index (χ1n) is 27.0. The Morgan fingerprint density at radius 1 is 0.703 bits per heavy atom. The number of nitrogens with zero attached hydrogens (tertiary/aromatic N) is 4. The number of allylic oxidation sites excluding steroid dienone is 1. The number of carbonyl (C=O) groups excluding carboxylic acids is 4. The van der Waals surface area contributed by atoms with Crippen molar-refractivity contribution in [1.82, 2.24) is 19.6 Å². The summed E-state index contributed by atoms with van der Waals surface area (Å²) >= 11 is 0. The van der Waals surface area contributed by atoms with E-state index < -0.39 is 36.6 Å². The van der Waals surface area contributed by atoms with Crippen molar-refractivity contribution in [3.63, 3.8) is 0 Å². The molecule has 6 atom stereocenters. The van der Waals surface area contributed by atoms with Gasteiger partial charge >= 0.3 is 19.3 Å². The Kier molecular flexibility index (Phi) is 25.9. The van der Waals surface area contributed by atoms with E-state index in [1.165, 1.54) is 16.2 Å². The van der Waals surface area contributed by atoms with Crippen molar-refractivity contribution in [1.29, 1.82) is 0 Å².